The van der Waals surface area contributed by atoms with Crippen LogP contribution in [0.4, 0.5) is 14.5 Å². The van der Waals surface area contributed by atoms with Crippen LogP contribution < -0.4 is 4.90 Å². The highest BCUT2D eigenvalue weighted by Crippen LogP contribution is 2.33. The number of amides is 1. The Labute approximate surface area is 95.7 Å². The van der Waals surface area contributed by atoms with Crippen LogP contribution in [0.3, 0.4) is 0 Å². The van der Waals surface area contributed by atoms with E-state index in [1.807, 2.05) is 6.07 Å². The number of carbonyl (C=O) groups excluding carboxylic acids is 1. The van der Waals surface area contributed by atoms with E-state index in [1.165, 1.54) is 18.2 Å². The number of hydrogen-bond acceptors (Lipinski definition) is 3. The molecule has 6 heteroatoms. The molecule has 1 atom stereocenters. The molecule has 1 aliphatic heterocycles. The van der Waals surface area contributed by atoms with Crippen molar-refractivity contribution in [1.82, 2.24) is 0 Å². The molecule has 1 aromatic rings. The minimum Gasteiger partial charge on any atom is -0.384 e. The van der Waals surface area contributed by atoms with E-state index in [1.54, 1.807) is 6.07 Å². The number of para-hydroxylation sites is 1. The highest BCUT2D eigenvalue weighted by atomic mass is 19.3. The lowest BCUT2D eigenvalue weighted by molar-refractivity contribution is -0.148. The van der Waals surface area contributed by atoms with Crippen molar-refractivity contribution < 1.29 is 18.7 Å². The third kappa shape index (κ3) is 1.65. The molecule has 1 heterocycles. The smallest absolute Gasteiger partial charge is 0.351 e. The highest BCUT2D eigenvalue weighted by Gasteiger charge is 2.56. The first-order chi connectivity index (χ1) is 7.98. The lowest BCUT2D eigenvalue weighted by Crippen LogP contribution is -2.37. The quantitative estimate of drug-likeness (QED) is 0.790. The fraction of sp³-hybridized carbons (Fsp3) is 0.273. The number of carbonyl (C=O) groups is 1. The normalized spacial score (nSPS) is 22.6. The summed E-state index contributed by atoms with van der Waals surface area (Å²) in [5.41, 5.74) is 0.210. The van der Waals surface area contributed by atoms with Crippen LogP contribution in [0.15, 0.2) is 24.3 Å². The van der Waals surface area contributed by atoms with Gasteiger partial charge in [-0.05, 0) is 12.1 Å². The molecule has 0 aromatic heterocycles. The van der Waals surface area contributed by atoms with Crippen molar-refractivity contribution in [3.8, 4) is 6.07 Å². The fourth-order valence-corrected chi connectivity index (χ4v) is 1.70. The van der Waals surface area contributed by atoms with Gasteiger partial charge >= 0.3 is 5.92 Å². The molecule has 1 fully saturated rings. The van der Waals surface area contributed by atoms with Crippen LogP contribution >= 0.6 is 0 Å². The molecule has 1 amide bonds. The molecule has 88 valence electrons. The number of β-amino-alcohol motifs (C(OH)–C–C–N with tert-alkyl or cyclic N) is 1. The van der Waals surface area contributed by atoms with E-state index < -0.39 is 24.5 Å². The Morgan fingerprint density at radius 1 is 1.47 bits per heavy atom. The lowest BCUT2D eigenvalue weighted by atomic mass is 10.2. The Kier molecular flexibility index (Phi) is 2.56. The zero-order chi connectivity index (χ0) is 12.6. The van der Waals surface area contributed by atoms with E-state index in [9.17, 15) is 13.6 Å². The summed E-state index contributed by atoms with van der Waals surface area (Å²) >= 11 is 0. The van der Waals surface area contributed by atoms with Crippen LogP contribution in [-0.2, 0) is 4.79 Å². The largest absolute Gasteiger partial charge is 0.384 e. The predicted octanol–water partition coefficient (Wildman–Crippen LogP) is 0.901. The number of anilines is 1. The first kappa shape index (κ1) is 11.5. The molecule has 0 aliphatic carbocycles. The van der Waals surface area contributed by atoms with E-state index in [4.69, 9.17) is 10.4 Å². The summed E-state index contributed by atoms with van der Waals surface area (Å²) in [5.74, 6) is -5.27. The maximum Gasteiger partial charge on any atom is 0.351 e. The Bertz CT molecular complexity index is 510. The molecule has 2 rings (SSSR count). The number of aliphatic hydroxyl groups excluding tert-OH is 1. The summed E-state index contributed by atoms with van der Waals surface area (Å²) in [5, 5.41) is 18.0. The number of halogens is 2. The minimum atomic E-state index is -3.79. The lowest BCUT2D eigenvalue weighted by Gasteiger charge is -2.16. The van der Waals surface area contributed by atoms with Gasteiger partial charge in [0.15, 0.2) is 0 Å². The number of benzene rings is 1. The molecular weight excluding hydrogens is 230 g/mol. The molecule has 1 N–H and O–H groups in total. The topological polar surface area (TPSA) is 64.3 Å². The van der Waals surface area contributed by atoms with E-state index in [0.29, 0.717) is 0 Å². The zero-order valence-corrected chi connectivity index (χ0v) is 8.60. The SMILES string of the molecule is N#Cc1ccccc1N1C[C@H](O)C(F)(F)C1=O. The van der Waals surface area contributed by atoms with Gasteiger partial charge < -0.3 is 10.0 Å². The molecule has 0 spiro atoms. The fourth-order valence-electron chi connectivity index (χ4n) is 1.70. The van der Waals surface area contributed by atoms with Crippen molar-refractivity contribution >= 4 is 11.6 Å². The summed E-state index contributed by atoms with van der Waals surface area (Å²) in [6.07, 6.45) is -2.04. The summed E-state index contributed by atoms with van der Waals surface area (Å²) in [7, 11) is 0. The Morgan fingerprint density at radius 3 is 2.65 bits per heavy atom. The first-order valence-corrected chi connectivity index (χ1v) is 4.85. The second kappa shape index (κ2) is 3.79. The Balaban J connectivity index is 2.44. The van der Waals surface area contributed by atoms with E-state index in [0.717, 1.165) is 4.90 Å². The van der Waals surface area contributed by atoms with Gasteiger partial charge in [0.1, 0.15) is 12.2 Å². The summed E-state index contributed by atoms with van der Waals surface area (Å²) < 4.78 is 26.4. The van der Waals surface area contributed by atoms with Crippen molar-refractivity contribution in [3.05, 3.63) is 29.8 Å². The van der Waals surface area contributed by atoms with E-state index in [-0.39, 0.29) is 11.3 Å². The standard InChI is InChI=1S/C11H8F2N2O2/c12-11(13)9(16)6-15(10(11)17)8-4-2-1-3-7(8)5-14/h1-4,9,16H,6H2/t9-/m0/s1. The van der Waals surface area contributed by atoms with Gasteiger partial charge in [0.25, 0.3) is 5.91 Å². The summed E-state index contributed by atoms with van der Waals surface area (Å²) in [6.45, 7) is -0.509. The van der Waals surface area contributed by atoms with Crippen LogP contribution in [0.1, 0.15) is 5.56 Å². The molecule has 1 aliphatic rings. The van der Waals surface area contributed by atoms with Crippen LogP contribution in [0, 0.1) is 11.3 Å². The van der Waals surface area contributed by atoms with Crippen LogP contribution in [0.2, 0.25) is 0 Å². The number of rotatable bonds is 1. The molecule has 0 bridgehead atoms. The van der Waals surface area contributed by atoms with Crippen LogP contribution in [0.25, 0.3) is 0 Å². The van der Waals surface area contributed by atoms with E-state index in [2.05, 4.69) is 0 Å². The maximum absolute atomic E-state index is 13.2. The van der Waals surface area contributed by atoms with Crippen molar-refractivity contribution in [2.75, 3.05) is 11.4 Å². The number of alkyl halides is 2. The molecule has 4 nitrogen and oxygen atoms in total. The summed E-state index contributed by atoms with van der Waals surface area (Å²) in [4.78, 5) is 12.2. The van der Waals surface area contributed by atoms with Gasteiger partial charge in [0.05, 0.1) is 17.8 Å². The molecule has 0 unspecified atom stereocenters. The maximum atomic E-state index is 13.2. The second-order valence-electron chi connectivity index (χ2n) is 3.68. The molecular formula is C11H8F2N2O2. The molecule has 1 aromatic carbocycles. The Hall–Kier alpha value is -2.00. The number of aliphatic hydroxyl groups is 1. The molecule has 1 saturated heterocycles. The highest BCUT2D eigenvalue weighted by molar-refractivity contribution is 6.02. The van der Waals surface area contributed by atoms with Crippen molar-refractivity contribution in [1.29, 1.82) is 5.26 Å². The van der Waals surface area contributed by atoms with Gasteiger partial charge in [-0.3, -0.25) is 4.79 Å². The van der Waals surface area contributed by atoms with Gasteiger partial charge in [-0.25, -0.2) is 0 Å². The zero-order valence-electron chi connectivity index (χ0n) is 8.60. The molecule has 0 saturated carbocycles. The van der Waals surface area contributed by atoms with Gasteiger partial charge in [0, 0.05) is 0 Å². The van der Waals surface area contributed by atoms with Crippen LogP contribution in [0.5, 0.6) is 0 Å². The molecule has 0 radical (unpaired) electrons. The minimum absolute atomic E-state index is 0.0937. The number of nitriles is 1. The van der Waals surface area contributed by atoms with E-state index >= 15 is 0 Å². The number of nitrogens with zero attached hydrogens (tertiary/aromatic N) is 2. The van der Waals surface area contributed by atoms with Crippen molar-refractivity contribution in [3.63, 3.8) is 0 Å². The molecule has 17 heavy (non-hydrogen) atoms. The second-order valence-corrected chi connectivity index (χ2v) is 3.68. The van der Waals surface area contributed by atoms with Gasteiger partial charge in [-0.2, -0.15) is 14.0 Å². The van der Waals surface area contributed by atoms with Gasteiger partial charge in [-0.1, -0.05) is 12.1 Å². The van der Waals surface area contributed by atoms with Gasteiger partial charge in [-0.15, -0.1) is 0 Å². The third-order valence-electron chi connectivity index (χ3n) is 2.62. The van der Waals surface area contributed by atoms with Gasteiger partial charge in [0.2, 0.25) is 0 Å². The monoisotopic (exact) mass is 238 g/mol. The van der Waals surface area contributed by atoms with Crippen LogP contribution in [-0.4, -0.2) is 29.6 Å². The average Bonchev–Trinajstić information content (AvgIpc) is 2.53. The summed E-state index contributed by atoms with van der Waals surface area (Å²) in [6, 6.07) is 7.73. The predicted molar refractivity (Wildman–Crippen MR) is 54.5 cm³/mol. The average molecular weight is 238 g/mol. The Morgan fingerprint density at radius 2 is 2.12 bits per heavy atom. The first-order valence-electron chi connectivity index (χ1n) is 4.85. The van der Waals surface area contributed by atoms with Crippen molar-refractivity contribution in [2.24, 2.45) is 0 Å². The number of hydrogen-bond donors (Lipinski definition) is 1. The van der Waals surface area contributed by atoms with Crippen molar-refractivity contribution in [2.45, 2.75) is 12.0 Å². The third-order valence-corrected chi connectivity index (χ3v) is 2.62.